The van der Waals surface area contributed by atoms with Crippen molar-refractivity contribution in [2.75, 3.05) is 17.2 Å². The molecule has 0 saturated carbocycles. The minimum Gasteiger partial charge on any atom is -0.462 e. The predicted molar refractivity (Wildman–Crippen MR) is 117 cm³/mol. The van der Waals surface area contributed by atoms with Crippen LogP contribution in [0.3, 0.4) is 0 Å². The van der Waals surface area contributed by atoms with Gasteiger partial charge in [0.25, 0.3) is 5.91 Å². The van der Waals surface area contributed by atoms with Crippen LogP contribution >= 0.6 is 11.3 Å². The summed E-state index contributed by atoms with van der Waals surface area (Å²) >= 11 is 1.17. The summed E-state index contributed by atoms with van der Waals surface area (Å²) in [6.07, 6.45) is 2.41. The number of rotatable bonds is 7. The average molecular weight is 426 g/mol. The van der Waals surface area contributed by atoms with Crippen LogP contribution in [0.15, 0.2) is 30.5 Å². The quantitative estimate of drug-likeness (QED) is 0.544. The summed E-state index contributed by atoms with van der Waals surface area (Å²) in [5, 5.41) is 6.31. The highest BCUT2D eigenvalue weighted by Gasteiger charge is 2.18. The molecule has 156 valence electrons. The minimum atomic E-state index is -0.406. The number of esters is 1. The predicted octanol–water partition coefficient (Wildman–Crippen LogP) is 4.28. The fourth-order valence-corrected chi connectivity index (χ4v) is 3.56. The van der Waals surface area contributed by atoms with E-state index >= 15 is 0 Å². The zero-order chi connectivity index (χ0) is 21.7. The number of amides is 1. The third kappa shape index (κ3) is 4.98. The van der Waals surface area contributed by atoms with Crippen LogP contribution in [0.25, 0.3) is 0 Å². The molecule has 0 radical (unpaired) electrons. The Morgan fingerprint density at radius 2 is 1.80 bits per heavy atom. The lowest BCUT2D eigenvalue weighted by atomic mass is 10.1. The maximum atomic E-state index is 12.6. The second-order valence-corrected chi connectivity index (χ2v) is 7.48. The second kappa shape index (κ2) is 9.45. The van der Waals surface area contributed by atoms with Gasteiger partial charge in [-0.2, -0.15) is 0 Å². The standard InChI is InChI=1S/C21H23N5O3S/c1-5-14-7-9-15(10-8-14)25-18(27)16-11-22-20(23-12(16)3)26-21-24-13(4)17(30-21)19(28)29-6-2/h7-11H,5-6H2,1-4H3,(H,25,27)(H,22,23,24,26). The van der Waals surface area contributed by atoms with Crippen LogP contribution in [0.1, 0.15) is 50.8 Å². The van der Waals surface area contributed by atoms with E-state index in [0.29, 0.717) is 45.2 Å². The fourth-order valence-electron chi connectivity index (χ4n) is 2.70. The first kappa shape index (κ1) is 21.4. The normalized spacial score (nSPS) is 10.5. The molecule has 0 atom stereocenters. The number of carbonyl (C=O) groups is 2. The molecule has 30 heavy (non-hydrogen) atoms. The molecule has 0 saturated heterocycles. The molecule has 0 unspecified atom stereocenters. The van der Waals surface area contributed by atoms with Crippen molar-refractivity contribution in [3.05, 3.63) is 57.9 Å². The fraction of sp³-hybridized carbons (Fsp3) is 0.286. The van der Waals surface area contributed by atoms with Crippen molar-refractivity contribution in [3.63, 3.8) is 0 Å². The molecule has 8 nitrogen and oxygen atoms in total. The van der Waals surface area contributed by atoms with Gasteiger partial charge >= 0.3 is 5.97 Å². The first-order valence-corrected chi connectivity index (χ1v) is 10.4. The van der Waals surface area contributed by atoms with Crippen molar-refractivity contribution in [2.45, 2.75) is 34.1 Å². The number of anilines is 3. The Morgan fingerprint density at radius 1 is 1.07 bits per heavy atom. The van der Waals surface area contributed by atoms with Crippen molar-refractivity contribution in [1.82, 2.24) is 15.0 Å². The second-order valence-electron chi connectivity index (χ2n) is 6.48. The van der Waals surface area contributed by atoms with E-state index in [9.17, 15) is 9.59 Å². The summed E-state index contributed by atoms with van der Waals surface area (Å²) in [6, 6.07) is 7.70. The van der Waals surface area contributed by atoms with E-state index in [1.54, 1.807) is 20.8 Å². The first-order valence-electron chi connectivity index (χ1n) is 9.56. The van der Waals surface area contributed by atoms with E-state index < -0.39 is 5.97 Å². The van der Waals surface area contributed by atoms with Gasteiger partial charge in [0.1, 0.15) is 4.88 Å². The number of thiazole rings is 1. The van der Waals surface area contributed by atoms with Gasteiger partial charge in [-0.05, 0) is 44.9 Å². The summed E-state index contributed by atoms with van der Waals surface area (Å²) in [7, 11) is 0. The molecule has 0 fully saturated rings. The lowest BCUT2D eigenvalue weighted by Crippen LogP contribution is -2.15. The number of aryl methyl sites for hydroxylation is 3. The van der Waals surface area contributed by atoms with Crippen LogP contribution in [0.4, 0.5) is 16.8 Å². The van der Waals surface area contributed by atoms with E-state index in [0.717, 1.165) is 6.42 Å². The number of nitrogens with one attached hydrogen (secondary N) is 2. The molecule has 0 aliphatic rings. The van der Waals surface area contributed by atoms with Crippen LogP contribution in [0.5, 0.6) is 0 Å². The summed E-state index contributed by atoms with van der Waals surface area (Å²) in [4.78, 5) is 37.8. The maximum Gasteiger partial charge on any atom is 0.350 e. The molecule has 9 heteroatoms. The largest absolute Gasteiger partial charge is 0.462 e. The van der Waals surface area contributed by atoms with Crippen LogP contribution in [-0.2, 0) is 11.2 Å². The van der Waals surface area contributed by atoms with Gasteiger partial charge in [0.15, 0.2) is 5.13 Å². The van der Waals surface area contributed by atoms with Crippen LogP contribution in [0, 0.1) is 13.8 Å². The van der Waals surface area contributed by atoms with Gasteiger partial charge in [-0.25, -0.2) is 19.7 Å². The summed E-state index contributed by atoms with van der Waals surface area (Å²) in [6.45, 7) is 7.60. The molecule has 3 rings (SSSR count). The van der Waals surface area contributed by atoms with Crippen molar-refractivity contribution < 1.29 is 14.3 Å². The molecular weight excluding hydrogens is 402 g/mol. The lowest BCUT2D eigenvalue weighted by molar-refractivity contribution is 0.0531. The zero-order valence-electron chi connectivity index (χ0n) is 17.3. The van der Waals surface area contributed by atoms with Crippen LogP contribution < -0.4 is 10.6 Å². The van der Waals surface area contributed by atoms with Crippen molar-refractivity contribution in [1.29, 1.82) is 0 Å². The Balaban J connectivity index is 1.71. The van der Waals surface area contributed by atoms with Gasteiger partial charge in [0.05, 0.1) is 23.6 Å². The Hall–Kier alpha value is -3.33. The number of hydrogen-bond donors (Lipinski definition) is 2. The molecule has 1 aromatic carbocycles. The van der Waals surface area contributed by atoms with Crippen LogP contribution in [0.2, 0.25) is 0 Å². The number of benzene rings is 1. The van der Waals surface area contributed by atoms with E-state index in [4.69, 9.17) is 4.74 Å². The molecular formula is C21H23N5O3S. The third-order valence-corrected chi connectivity index (χ3v) is 5.37. The van der Waals surface area contributed by atoms with Crippen molar-refractivity contribution in [2.24, 2.45) is 0 Å². The molecule has 3 aromatic rings. The summed E-state index contributed by atoms with van der Waals surface area (Å²) in [5.74, 6) is -0.393. The minimum absolute atomic E-state index is 0.280. The Labute approximate surface area is 178 Å². The Kier molecular flexibility index (Phi) is 6.73. The summed E-state index contributed by atoms with van der Waals surface area (Å²) < 4.78 is 5.02. The van der Waals surface area contributed by atoms with Gasteiger partial charge in [-0.3, -0.25) is 4.79 Å². The van der Waals surface area contributed by atoms with Gasteiger partial charge in [-0.1, -0.05) is 30.4 Å². The highest BCUT2D eigenvalue weighted by molar-refractivity contribution is 7.17. The Morgan fingerprint density at radius 3 is 2.43 bits per heavy atom. The Bertz CT molecular complexity index is 1060. The summed E-state index contributed by atoms with van der Waals surface area (Å²) in [5.41, 5.74) is 3.38. The molecule has 1 amide bonds. The number of aromatic nitrogens is 3. The van der Waals surface area contributed by atoms with E-state index in [1.807, 2.05) is 24.3 Å². The average Bonchev–Trinajstić information content (AvgIpc) is 3.09. The molecule has 0 spiro atoms. The maximum absolute atomic E-state index is 12.6. The highest BCUT2D eigenvalue weighted by atomic mass is 32.1. The van der Waals surface area contributed by atoms with Gasteiger partial charge in [0.2, 0.25) is 5.95 Å². The third-order valence-electron chi connectivity index (χ3n) is 4.32. The zero-order valence-corrected chi connectivity index (χ0v) is 18.1. The molecule has 2 N–H and O–H groups in total. The SMILES string of the molecule is CCOC(=O)c1sc(Nc2ncc(C(=O)Nc3ccc(CC)cc3)c(C)n2)nc1C. The van der Waals surface area contributed by atoms with E-state index in [2.05, 4.69) is 32.5 Å². The number of nitrogens with zero attached hydrogens (tertiary/aromatic N) is 3. The number of hydrogen-bond acceptors (Lipinski definition) is 8. The first-order chi connectivity index (χ1) is 14.4. The van der Waals surface area contributed by atoms with Gasteiger partial charge < -0.3 is 15.4 Å². The van der Waals surface area contributed by atoms with Gasteiger partial charge in [-0.15, -0.1) is 0 Å². The molecule has 0 aliphatic heterocycles. The molecule has 0 aliphatic carbocycles. The monoisotopic (exact) mass is 425 g/mol. The van der Waals surface area contributed by atoms with E-state index in [1.165, 1.54) is 23.1 Å². The molecule has 0 bridgehead atoms. The molecule has 2 aromatic heterocycles. The smallest absolute Gasteiger partial charge is 0.350 e. The van der Waals surface area contributed by atoms with Crippen molar-refractivity contribution >= 4 is 40.0 Å². The topological polar surface area (TPSA) is 106 Å². The number of ether oxygens (including phenoxy) is 1. The van der Waals surface area contributed by atoms with Crippen LogP contribution in [-0.4, -0.2) is 33.4 Å². The van der Waals surface area contributed by atoms with Crippen molar-refractivity contribution in [3.8, 4) is 0 Å². The van der Waals surface area contributed by atoms with E-state index in [-0.39, 0.29) is 5.91 Å². The number of carbonyl (C=O) groups excluding carboxylic acids is 2. The lowest BCUT2D eigenvalue weighted by Gasteiger charge is -2.09. The molecule has 2 heterocycles. The van der Waals surface area contributed by atoms with Gasteiger partial charge in [0, 0.05) is 11.9 Å². The highest BCUT2D eigenvalue weighted by Crippen LogP contribution is 2.25.